The zero-order valence-corrected chi connectivity index (χ0v) is 22.7. The molecule has 5 aromatic rings. The number of hydrogen-bond donors (Lipinski definition) is 2. The van der Waals surface area contributed by atoms with Gasteiger partial charge in [-0.15, -0.1) is 0 Å². The van der Waals surface area contributed by atoms with Crippen LogP contribution in [-0.4, -0.2) is 45.3 Å². The fourth-order valence-electron chi connectivity index (χ4n) is 5.19. The van der Waals surface area contributed by atoms with Gasteiger partial charge in [0, 0.05) is 28.4 Å². The molecule has 11 heteroatoms. The van der Waals surface area contributed by atoms with Gasteiger partial charge in [-0.1, -0.05) is 30.2 Å². The minimum atomic E-state index is -1.18. The molecule has 0 aliphatic carbocycles. The molecule has 0 bridgehead atoms. The largest absolute Gasteiger partial charge is 0.504 e. The third kappa shape index (κ3) is 4.83. The van der Waals surface area contributed by atoms with Gasteiger partial charge in [-0.05, 0) is 54.8 Å². The van der Waals surface area contributed by atoms with Crippen LogP contribution in [0.5, 0.6) is 17.2 Å². The van der Waals surface area contributed by atoms with Gasteiger partial charge in [0.2, 0.25) is 0 Å². The molecule has 0 aliphatic heterocycles. The van der Waals surface area contributed by atoms with Crippen molar-refractivity contribution in [3.8, 4) is 34.1 Å². The fraction of sp³-hybridized carbons (Fsp3) is 0.233. The van der Waals surface area contributed by atoms with Gasteiger partial charge in [-0.2, -0.15) is 0 Å². The number of aromatic carboxylic acids is 1. The Kier molecular flexibility index (Phi) is 7.12. The van der Waals surface area contributed by atoms with Gasteiger partial charge in [0.15, 0.2) is 23.1 Å². The van der Waals surface area contributed by atoms with Crippen molar-refractivity contribution in [2.24, 2.45) is 0 Å². The van der Waals surface area contributed by atoms with Gasteiger partial charge >= 0.3 is 5.97 Å². The predicted octanol–water partition coefficient (Wildman–Crippen LogP) is 6.29. The van der Waals surface area contributed by atoms with Gasteiger partial charge < -0.3 is 24.3 Å². The Morgan fingerprint density at radius 2 is 1.76 bits per heavy atom. The predicted molar refractivity (Wildman–Crippen MR) is 146 cm³/mol. The number of ether oxygens (including phenoxy) is 2. The van der Waals surface area contributed by atoms with E-state index in [-0.39, 0.29) is 22.4 Å². The lowest BCUT2D eigenvalue weighted by molar-refractivity contribution is 0.0693. The van der Waals surface area contributed by atoms with E-state index in [1.54, 1.807) is 18.2 Å². The number of phenols is 1. The summed E-state index contributed by atoms with van der Waals surface area (Å²) in [6, 6.07) is 11.6. The summed E-state index contributed by atoms with van der Waals surface area (Å²) in [5.74, 6) is -3.06. The number of carboxylic acids is 1. The Hall–Kier alpha value is -4.93. The van der Waals surface area contributed by atoms with E-state index in [2.05, 4.69) is 10.3 Å². The van der Waals surface area contributed by atoms with Crippen LogP contribution < -0.4 is 9.47 Å². The lowest BCUT2D eigenvalue weighted by Crippen LogP contribution is -2.23. The number of benzene rings is 3. The number of carboxylic acid groups (broad SMARTS) is 1. The second-order valence-corrected chi connectivity index (χ2v) is 10.2. The maximum atomic E-state index is 14.9. The van der Waals surface area contributed by atoms with Gasteiger partial charge in [0.25, 0.3) is 0 Å². The average molecular weight is 564 g/mol. The number of carbonyl (C=O) groups is 1. The van der Waals surface area contributed by atoms with Crippen molar-refractivity contribution in [1.82, 2.24) is 14.9 Å². The van der Waals surface area contributed by atoms with E-state index in [9.17, 15) is 23.8 Å². The summed E-state index contributed by atoms with van der Waals surface area (Å²) in [5, 5.41) is 28.5. The van der Waals surface area contributed by atoms with Gasteiger partial charge in [0.05, 0.1) is 31.3 Å². The Labute approximate surface area is 233 Å². The molecule has 212 valence electrons. The van der Waals surface area contributed by atoms with E-state index in [0.717, 1.165) is 6.07 Å². The first kappa shape index (κ1) is 27.6. The smallest absolute Gasteiger partial charge is 0.339 e. The van der Waals surface area contributed by atoms with E-state index in [1.165, 1.54) is 44.7 Å². The second-order valence-electron chi connectivity index (χ2n) is 10.2. The maximum Gasteiger partial charge on any atom is 0.339 e. The van der Waals surface area contributed by atoms with Crippen LogP contribution in [-0.2, 0) is 11.8 Å². The molecule has 5 rings (SSSR count). The maximum absolute atomic E-state index is 14.9. The van der Waals surface area contributed by atoms with Crippen molar-refractivity contribution >= 4 is 16.9 Å². The van der Waals surface area contributed by atoms with Gasteiger partial charge in [-0.25, -0.2) is 18.2 Å². The molecular formula is C30H27F2N3O6. The van der Waals surface area contributed by atoms with E-state index < -0.39 is 28.8 Å². The number of halogens is 2. The first-order chi connectivity index (χ1) is 19.6. The molecule has 0 unspecified atom stereocenters. The Morgan fingerprint density at radius 3 is 2.41 bits per heavy atom. The molecule has 3 aromatic carbocycles. The first-order valence-corrected chi connectivity index (χ1v) is 12.7. The van der Waals surface area contributed by atoms with E-state index in [4.69, 9.17) is 14.1 Å². The van der Waals surface area contributed by atoms with Gasteiger partial charge in [0.1, 0.15) is 17.0 Å². The van der Waals surface area contributed by atoms with Crippen LogP contribution in [0.1, 0.15) is 42.0 Å². The number of nitrogens with zero attached hydrogens (tertiary/aromatic N) is 3. The molecule has 0 amide bonds. The fourth-order valence-corrected chi connectivity index (χ4v) is 5.19. The van der Waals surface area contributed by atoms with E-state index in [1.807, 2.05) is 18.4 Å². The molecular weight excluding hydrogens is 536 g/mol. The zero-order chi connectivity index (χ0) is 29.5. The van der Waals surface area contributed by atoms with Crippen molar-refractivity contribution in [2.75, 3.05) is 14.2 Å². The Bertz CT molecular complexity index is 1760. The van der Waals surface area contributed by atoms with Crippen molar-refractivity contribution in [1.29, 1.82) is 0 Å². The highest BCUT2D eigenvalue weighted by molar-refractivity contribution is 6.04. The molecule has 0 saturated carbocycles. The molecule has 41 heavy (non-hydrogen) atoms. The number of methoxy groups -OCH3 is 2. The van der Waals surface area contributed by atoms with Crippen LogP contribution in [0, 0.1) is 11.6 Å². The number of fused-ring (bicyclic) bond motifs is 1. The number of hydrogen-bond acceptors (Lipinski definition) is 7. The highest BCUT2D eigenvalue weighted by Crippen LogP contribution is 2.48. The molecule has 0 atom stereocenters. The topological polar surface area (TPSA) is 120 Å². The molecule has 0 saturated heterocycles. The SMILES string of the molecule is COc1cc(-n2c(C(C)(C)CCc3cnon3)c(-c3ccc(C(=O)O)c(OC)c3)c3c(O)c(F)ccc32)ccc1F. The summed E-state index contributed by atoms with van der Waals surface area (Å²) in [7, 11) is 2.71. The molecule has 0 radical (unpaired) electrons. The van der Waals surface area contributed by atoms with E-state index >= 15 is 0 Å². The summed E-state index contributed by atoms with van der Waals surface area (Å²) in [4.78, 5) is 11.8. The van der Waals surface area contributed by atoms with Crippen LogP contribution >= 0.6 is 0 Å². The van der Waals surface area contributed by atoms with Crippen molar-refractivity contribution in [3.05, 3.63) is 83.3 Å². The molecule has 9 nitrogen and oxygen atoms in total. The van der Waals surface area contributed by atoms with Gasteiger partial charge in [-0.3, -0.25) is 0 Å². The molecule has 2 aromatic heterocycles. The lowest BCUT2D eigenvalue weighted by atomic mass is 9.80. The molecule has 2 N–H and O–H groups in total. The van der Waals surface area contributed by atoms with E-state index in [0.29, 0.717) is 46.6 Å². The summed E-state index contributed by atoms with van der Waals surface area (Å²) in [5.41, 5.74) is 2.41. The normalized spacial score (nSPS) is 11.7. The third-order valence-corrected chi connectivity index (χ3v) is 7.23. The number of aryl methyl sites for hydroxylation is 1. The molecule has 0 aliphatic rings. The first-order valence-electron chi connectivity index (χ1n) is 12.7. The Morgan fingerprint density at radius 1 is 1.02 bits per heavy atom. The Balaban J connectivity index is 1.89. The van der Waals surface area contributed by atoms with Crippen LogP contribution in [0.4, 0.5) is 8.78 Å². The summed E-state index contributed by atoms with van der Waals surface area (Å²) in [6.07, 6.45) is 2.51. The van der Waals surface area contributed by atoms with Crippen LogP contribution in [0.15, 0.2) is 59.4 Å². The third-order valence-electron chi connectivity index (χ3n) is 7.23. The summed E-state index contributed by atoms with van der Waals surface area (Å²) >= 11 is 0. The quantitative estimate of drug-likeness (QED) is 0.215. The lowest BCUT2D eigenvalue weighted by Gasteiger charge is -2.29. The monoisotopic (exact) mass is 563 g/mol. The zero-order valence-electron chi connectivity index (χ0n) is 22.7. The number of phenolic OH excluding ortho intramolecular Hbond substituents is 1. The standard InChI is InChI=1S/C30H27F2N3O6/c1-30(2,12-11-17-15-33-41-34-17)28-25(16-5-7-19(29(37)38)23(13-16)39-3)26-22(10-9-21(32)27(26)36)35(28)18-6-8-20(31)24(14-18)40-4/h5-10,13-15,36H,11-12H2,1-4H3,(H,37,38). The minimum absolute atomic E-state index is 0.00198. The summed E-state index contributed by atoms with van der Waals surface area (Å²) < 4.78 is 46.6. The molecule has 0 fully saturated rings. The highest BCUT2D eigenvalue weighted by Gasteiger charge is 2.34. The number of rotatable bonds is 9. The van der Waals surface area contributed by atoms with Crippen molar-refractivity contribution < 1.29 is 37.9 Å². The van der Waals surface area contributed by atoms with Crippen LogP contribution in [0.25, 0.3) is 27.7 Å². The molecule has 2 heterocycles. The van der Waals surface area contributed by atoms with Crippen molar-refractivity contribution in [2.45, 2.75) is 32.1 Å². The van der Waals surface area contributed by atoms with Crippen LogP contribution in [0.2, 0.25) is 0 Å². The molecule has 0 spiro atoms. The van der Waals surface area contributed by atoms with Crippen LogP contribution in [0.3, 0.4) is 0 Å². The number of aromatic nitrogens is 3. The minimum Gasteiger partial charge on any atom is -0.504 e. The number of aromatic hydroxyl groups is 1. The summed E-state index contributed by atoms with van der Waals surface area (Å²) in [6.45, 7) is 3.96. The second kappa shape index (κ2) is 10.6. The average Bonchev–Trinajstić information content (AvgIpc) is 3.61. The van der Waals surface area contributed by atoms with Crippen molar-refractivity contribution in [3.63, 3.8) is 0 Å². The highest BCUT2D eigenvalue weighted by atomic mass is 19.1.